The van der Waals surface area contributed by atoms with Gasteiger partial charge in [0.15, 0.2) is 0 Å². The maximum Gasteiger partial charge on any atom is 0.246 e. The van der Waals surface area contributed by atoms with Crippen LogP contribution in [0.3, 0.4) is 0 Å². The van der Waals surface area contributed by atoms with Gasteiger partial charge < -0.3 is 11.1 Å². The van der Waals surface area contributed by atoms with Crippen LogP contribution >= 0.6 is 0 Å². The number of aromatic nitrogens is 2. The Morgan fingerprint density at radius 3 is 2.47 bits per heavy atom. The van der Waals surface area contributed by atoms with Gasteiger partial charge in [-0.05, 0) is 27.7 Å². The molecule has 0 saturated carbocycles. The zero-order valence-corrected chi connectivity index (χ0v) is 12.1. The van der Waals surface area contributed by atoms with Crippen LogP contribution in [0.5, 0.6) is 0 Å². The fraction of sp³-hybridized carbons (Fsp3) is 0.600. The summed E-state index contributed by atoms with van der Waals surface area (Å²) < 4.78 is 26.2. The first-order chi connectivity index (χ1) is 8.53. The second-order valence-electron chi connectivity index (χ2n) is 5.23. The van der Waals surface area contributed by atoms with Crippen molar-refractivity contribution in [1.29, 1.82) is 0 Å². The molecule has 1 amide bonds. The van der Waals surface area contributed by atoms with Crippen molar-refractivity contribution in [2.75, 3.05) is 5.73 Å². The van der Waals surface area contributed by atoms with Crippen LogP contribution in [0.15, 0.2) is 11.1 Å². The summed E-state index contributed by atoms with van der Waals surface area (Å²) in [5.74, 6) is -0.492. The van der Waals surface area contributed by atoms with E-state index in [1.807, 2.05) is 0 Å². The van der Waals surface area contributed by atoms with E-state index in [1.54, 1.807) is 20.8 Å². The van der Waals surface area contributed by atoms with Gasteiger partial charge in [0.2, 0.25) is 15.9 Å². The molecule has 1 aromatic heterocycles. The average molecular weight is 289 g/mol. The van der Waals surface area contributed by atoms with E-state index in [0.29, 0.717) is 0 Å². The van der Waals surface area contributed by atoms with Crippen LogP contribution in [-0.2, 0) is 14.8 Å². The third kappa shape index (κ3) is 4.21. The number of nitrogens with one attached hydrogen (secondary N) is 3. The molecule has 108 valence electrons. The van der Waals surface area contributed by atoms with Crippen molar-refractivity contribution in [3.63, 3.8) is 0 Å². The van der Waals surface area contributed by atoms with E-state index >= 15 is 0 Å². The number of nitrogen functional groups attached to an aromatic ring is 1. The summed E-state index contributed by atoms with van der Waals surface area (Å²) in [6.45, 7) is 6.87. The van der Waals surface area contributed by atoms with E-state index in [4.69, 9.17) is 5.73 Å². The Morgan fingerprint density at radius 2 is 2.05 bits per heavy atom. The standard InChI is InChI=1S/C10H19N5O3S/c1-6(9(16)13-10(2,3)4)15-19(17,18)7-5-12-14-8(7)11/h5-6,15H,1-4H3,(H,13,16)(H3,11,12,14). The predicted molar refractivity (Wildman–Crippen MR) is 70.7 cm³/mol. The number of hydrogen-bond donors (Lipinski definition) is 4. The number of carbonyl (C=O) groups is 1. The Bertz CT molecular complexity index is 558. The van der Waals surface area contributed by atoms with Crippen LogP contribution < -0.4 is 15.8 Å². The Kier molecular flexibility index (Phi) is 4.21. The molecule has 8 nitrogen and oxygen atoms in total. The van der Waals surface area contributed by atoms with E-state index in [2.05, 4.69) is 20.2 Å². The van der Waals surface area contributed by atoms with Gasteiger partial charge in [0.05, 0.1) is 12.2 Å². The molecule has 0 fully saturated rings. The van der Waals surface area contributed by atoms with Crippen molar-refractivity contribution < 1.29 is 13.2 Å². The first kappa shape index (κ1) is 15.4. The molecule has 0 saturated heterocycles. The molecule has 1 aromatic rings. The second-order valence-corrected chi connectivity index (χ2v) is 6.91. The summed E-state index contributed by atoms with van der Waals surface area (Å²) in [4.78, 5) is 11.6. The molecular weight excluding hydrogens is 270 g/mol. The fourth-order valence-electron chi connectivity index (χ4n) is 1.33. The van der Waals surface area contributed by atoms with Gasteiger partial charge in [0, 0.05) is 5.54 Å². The number of H-pyrrole nitrogens is 1. The zero-order valence-electron chi connectivity index (χ0n) is 11.3. The Hall–Kier alpha value is -1.61. The summed E-state index contributed by atoms with van der Waals surface area (Å²) in [5.41, 5.74) is 5.00. The minimum atomic E-state index is -3.88. The van der Waals surface area contributed by atoms with Crippen LogP contribution in [0.2, 0.25) is 0 Å². The van der Waals surface area contributed by atoms with Crippen LogP contribution in [0.25, 0.3) is 0 Å². The summed E-state index contributed by atoms with van der Waals surface area (Å²) in [6, 6.07) is -0.918. The molecule has 0 aromatic carbocycles. The third-order valence-corrected chi connectivity index (χ3v) is 3.71. The monoisotopic (exact) mass is 289 g/mol. The van der Waals surface area contributed by atoms with Crippen molar-refractivity contribution in [3.05, 3.63) is 6.20 Å². The van der Waals surface area contributed by atoms with Crippen molar-refractivity contribution in [2.24, 2.45) is 0 Å². The lowest BCUT2D eigenvalue weighted by Crippen LogP contribution is -2.50. The van der Waals surface area contributed by atoms with Crippen LogP contribution in [0.1, 0.15) is 27.7 Å². The van der Waals surface area contributed by atoms with Crippen LogP contribution in [0, 0.1) is 0 Å². The quantitative estimate of drug-likeness (QED) is 0.597. The maximum atomic E-state index is 12.0. The highest BCUT2D eigenvalue weighted by Crippen LogP contribution is 2.14. The van der Waals surface area contributed by atoms with E-state index in [1.165, 1.54) is 6.92 Å². The SMILES string of the molecule is CC(NS(=O)(=O)c1cn[nH]c1N)C(=O)NC(C)(C)C. The fourth-order valence-corrected chi connectivity index (χ4v) is 2.55. The highest BCUT2D eigenvalue weighted by molar-refractivity contribution is 7.89. The number of aromatic amines is 1. The van der Waals surface area contributed by atoms with Crippen molar-refractivity contribution in [2.45, 2.75) is 44.2 Å². The molecule has 1 rings (SSSR count). The van der Waals surface area contributed by atoms with Gasteiger partial charge in [0.25, 0.3) is 0 Å². The van der Waals surface area contributed by atoms with Gasteiger partial charge in [-0.2, -0.15) is 9.82 Å². The number of sulfonamides is 1. The maximum absolute atomic E-state index is 12.0. The molecule has 1 heterocycles. The highest BCUT2D eigenvalue weighted by Gasteiger charge is 2.26. The van der Waals surface area contributed by atoms with Crippen molar-refractivity contribution in [3.8, 4) is 0 Å². The van der Waals surface area contributed by atoms with Gasteiger partial charge in [-0.3, -0.25) is 9.89 Å². The first-order valence-electron chi connectivity index (χ1n) is 5.66. The number of nitrogens with two attached hydrogens (primary N) is 1. The Labute approximate surface area is 112 Å². The largest absolute Gasteiger partial charge is 0.383 e. The van der Waals surface area contributed by atoms with Gasteiger partial charge in [-0.1, -0.05) is 0 Å². The summed E-state index contributed by atoms with van der Waals surface area (Å²) in [6.07, 6.45) is 1.09. The van der Waals surface area contributed by atoms with Gasteiger partial charge >= 0.3 is 0 Å². The number of nitrogens with zero attached hydrogens (tertiary/aromatic N) is 1. The molecule has 0 aliphatic heterocycles. The number of anilines is 1. The number of hydrogen-bond acceptors (Lipinski definition) is 5. The zero-order chi connectivity index (χ0) is 14.8. The lowest BCUT2D eigenvalue weighted by molar-refractivity contribution is -0.123. The molecule has 0 aliphatic carbocycles. The average Bonchev–Trinajstić information content (AvgIpc) is 2.61. The highest BCUT2D eigenvalue weighted by atomic mass is 32.2. The molecule has 9 heteroatoms. The number of amides is 1. The van der Waals surface area contributed by atoms with E-state index in [9.17, 15) is 13.2 Å². The lowest BCUT2D eigenvalue weighted by atomic mass is 10.1. The third-order valence-electron chi connectivity index (χ3n) is 2.15. The minimum absolute atomic E-state index is 0.0732. The smallest absolute Gasteiger partial charge is 0.246 e. The Morgan fingerprint density at radius 1 is 1.47 bits per heavy atom. The van der Waals surface area contributed by atoms with E-state index in [-0.39, 0.29) is 10.7 Å². The van der Waals surface area contributed by atoms with Crippen molar-refractivity contribution in [1.82, 2.24) is 20.2 Å². The second kappa shape index (κ2) is 5.17. The summed E-state index contributed by atoms with van der Waals surface area (Å²) in [7, 11) is -3.88. The topological polar surface area (TPSA) is 130 Å². The molecule has 0 bridgehead atoms. The Balaban J connectivity index is 2.80. The molecule has 19 heavy (non-hydrogen) atoms. The molecule has 1 atom stereocenters. The molecule has 5 N–H and O–H groups in total. The minimum Gasteiger partial charge on any atom is -0.383 e. The normalized spacial score (nSPS) is 14.1. The molecular formula is C10H19N5O3S. The van der Waals surface area contributed by atoms with E-state index < -0.39 is 27.5 Å². The molecule has 0 radical (unpaired) electrons. The summed E-state index contributed by atoms with van der Waals surface area (Å²) in [5, 5.41) is 8.53. The van der Waals surface area contributed by atoms with E-state index in [0.717, 1.165) is 6.20 Å². The van der Waals surface area contributed by atoms with Crippen LogP contribution in [-0.4, -0.2) is 36.1 Å². The lowest BCUT2D eigenvalue weighted by Gasteiger charge is -2.23. The predicted octanol–water partition coefficient (Wildman–Crippen LogP) is -0.427. The van der Waals surface area contributed by atoms with Gasteiger partial charge in [0.1, 0.15) is 10.7 Å². The first-order valence-corrected chi connectivity index (χ1v) is 7.14. The summed E-state index contributed by atoms with van der Waals surface area (Å²) >= 11 is 0. The van der Waals surface area contributed by atoms with Gasteiger partial charge in [-0.25, -0.2) is 8.42 Å². The van der Waals surface area contributed by atoms with Crippen molar-refractivity contribution >= 4 is 21.7 Å². The molecule has 0 aliphatic rings. The molecule has 1 unspecified atom stereocenters. The van der Waals surface area contributed by atoms with Crippen LogP contribution in [0.4, 0.5) is 5.82 Å². The number of carbonyl (C=O) groups excluding carboxylic acids is 1. The van der Waals surface area contributed by atoms with Gasteiger partial charge in [-0.15, -0.1) is 0 Å². The molecule has 0 spiro atoms. The number of rotatable bonds is 4.